The number of aromatic nitrogens is 2. The lowest BCUT2D eigenvalue weighted by molar-refractivity contribution is 1.09. The normalized spacial score (nSPS) is 11.1. The molecule has 0 unspecified atom stereocenters. The van der Waals surface area contributed by atoms with Gasteiger partial charge in [-0.05, 0) is 24.7 Å². The quantitative estimate of drug-likeness (QED) is 0.799. The Bertz CT molecular complexity index is 535. The Kier molecular flexibility index (Phi) is 3.37. The van der Waals surface area contributed by atoms with Crippen molar-refractivity contribution in [2.24, 2.45) is 0 Å². The minimum Gasteiger partial charge on any atom is -0.334 e. The maximum atomic E-state index is 5.21. The highest BCUT2D eigenvalue weighted by molar-refractivity contribution is 7.71. The molecule has 0 aliphatic carbocycles. The van der Waals surface area contributed by atoms with Crippen LogP contribution in [0.2, 0.25) is 0 Å². The summed E-state index contributed by atoms with van der Waals surface area (Å²) in [6, 6.07) is 10.4. The molecule has 2 nitrogen and oxygen atoms in total. The number of hydrogen-bond donors (Lipinski definition) is 1. The van der Waals surface area contributed by atoms with Crippen molar-refractivity contribution in [3.63, 3.8) is 0 Å². The third kappa shape index (κ3) is 2.49. The number of rotatable bonds is 3. The first-order chi connectivity index (χ1) is 7.79. The maximum absolute atomic E-state index is 5.21. The van der Waals surface area contributed by atoms with Gasteiger partial charge in [0.1, 0.15) is 0 Å². The van der Waals surface area contributed by atoms with Gasteiger partial charge in [0.15, 0.2) is 4.77 Å². The van der Waals surface area contributed by atoms with Crippen molar-refractivity contribution in [3.05, 3.63) is 58.6 Å². The molecule has 0 bridgehead atoms. The van der Waals surface area contributed by atoms with E-state index in [-0.39, 0.29) is 0 Å². The van der Waals surface area contributed by atoms with E-state index < -0.39 is 0 Å². The van der Waals surface area contributed by atoms with Crippen LogP contribution in [0.5, 0.6) is 0 Å². The van der Waals surface area contributed by atoms with Crippen LogP contribution in [-0.4, -0.2) is 9.55 Å². The van der Waals surface area contributed by atoms with Crippen molar-refractivity contribution < 1.29 is 0 Å². The van der Waals surface area contributed by atoms with E-state index >= 15 is 0 Å². The van der Waals surface area contributed by atoms with Gasteiger partial charge in [-0.1, -0.05) is 36.4 Å². The number of hydrogen-bond acceptors (Lipinski definition) is 1. The Morgan fingerprint density at radius 1 is 1.31 bits per heavy atom. The predicted molar refractivity (Wildman–Crippen MR) is 69.9 cm³/mol. The first kappa shape index (κ1) is 10.9. The van der Waals surface area contributed by atoms with Gasteiger partial charge in [-0.2, -0.15) is 0 Å². The van der Waals surface area contributed by atoms with Crippen LogP contribution < -0.4 is 0 Å². The first-order valence-corrected chi connectivity index (χ1v) is 5.67. The third-order valence-electron chi connectivity index (χ3n) is 2.34. The monoisotopic (exact) mass is 230 g/mol. The van der Waals surface area contributed by atoms with Crippen molar-refractivity contribution >= 4 is 18.4 Å². The highest BCUT2D eigenvalue weighted by Crippen LogP contribution is 2.08. The smallest absolute Gasteiger partial charge is 0.181 e. The molecule has 1 heterocycles. The number of aromatic amines is 1. The lowest BCUT2D eigenvalue weighted by Crippen LogP contribution is -1.86. The molecule has 2 aromatic rings. The maximum Gasteiger partial charge on any atom is 0.181 e. The highest BCUT2D eigenvalue weighted by atomic mass is 32.1. The van der Waals surface area contributed by atoms with Gasteiger partial charge in [-0.3, -0.25) is 4.57 Å². The Hall–Kier alpha value is -1.61. The lowest BCUT2D eigenvalue weighted by Gasteiger charge is -1.96. The standard InChI is InChI=1S/C13H14N2S/c1-2-8-15-10-12(14-13(15)16)9-11-6-4-3-5-7-11/h2-8,10H,9H2,1H3,(H,14,16). The summed E-state index contributed by atoms with van der Waals surface area (Å²) in [5.41, 5.74) is 2.42. The zero-order chi connectivity index (χ0) is 11.4. The number of nitrogens with one attached hydrogen (secondary N) is 1. The summed E-state index contributed by atoms with van der Waals surface area (Å²) >= 11 is 5.21. The summed E-state index contributed by atoms with van der Waals surface area (Å²) in [4.78, 5) is 3.20. The fourth-order valence-electron chi connectivity index (χ4n) is 1.64. The number of benzene rings is 1. The second-order valence-corrected chi connectivity index (χ2v) is 4.02. The summed E-state index contributed by atoms with van der Waals surface area (Å²) in [7, 11) is 0. The summed E-state index contributed by atoms with van der Waals surface area (Å²) in [6.45, 7) is 1.98. The van der Waals surface area contributed by atoms with E-state index in [0.29, 0.717) is 0 Å². The molecule has 1 N–H and O–H groups in total. The van der Waals surface area contributed by atoms with Gasteiger partial charge in [0.2, 0.25) is 0 Å². The molecule has 0 saturated carbocycles. The second-order valence-electron chi connectivity index (χ2n) is 3.64. The fraction of sp³-hybridized carbons (Fsp3) is 0.154. The van der Waals surface area contributed by atoms with E-state index in [4.69, 9.17) is 12.2 Å². The minimum atomic E-state index is 0.740. The molecule has 82 valence electrons. The van der Waals surface area contributed by atoms with Crippen molar-refractivity contribution in [3.8, 4) is 0 Å². The van der Waals surface area contributed by atoms with Crippen LogP contribution >= 0.6 is 12.2 Å². The molecule has 2 rings (SSSR count). The molecular formula is C13H14N2S. The fourth-order valence-corrected chi connectivity index (χ4v) is 1.88. The van der Waals surface area contributed by atoms with Crippen LogP contribution in [-0.2, 0) is 6.42 Å². The van der Waals surface area contributed by atoms with Gasteiger partial charge >= 0.3 is 0 Å². The van der Waals surface area contributed by atoms with Gasteiger partial charge in [0, 0.05) is 24.5 Å². The summed E-state index contributed by atoms with van der Waals surface area (Å²) in [6.07, 6.45) is 6.84. The summed E-state index contributed by atoms with van der Waals surface area (Å²) in [5.74, 6) is 0. The van der Waals surface area contributed by atoms with Gasteiger partial charge in [0.25, 0.3) is 0 Å². The zero-order valence-corrected chi connectivity index (χ0v) is 10.00. The largest absolute Gasteiger partial charge is 0.334 e. The van der Waals surface area contributed by atoms with Crippen LogP contribution in [0.3, 0.4) is 0 Å². The van der Waals surface area contributed by atoms with Crippen LogP contribution in [0.15, 0.2) is 42.6 Å². The highest BCUT2D eigenvalue weighted by Gasteiger charge is 1.99. The number of allylic oxidation sites excluding steroid dienone is 1. The summed E-state index contributed by atoms with van der Waals surface area (Å²) in [5, 5.41) is 0. The van der Waals surface area contributed by atoms with E-state index in [1.807, 2.05) is 48.2 Å². The van der Waals surface area contributed by atoms with Crippen molar-refractivity contribution in [1.82, 2.24) is 9.55 Å². The van der Waals surface area contributed by atoms with Gasteiger partial charge in [0.05, 0.1) is 0 Å². The van der Waals surface area contributed by atoms with E-state index in [0.717, 1.165) is 16.9 Å². The number of nitrogens with zero attached hydrogens (tertiary/aromatic N) is 1. The van der Waals surface area contributed by atoms with Crippen molar-refractivity contribution in [1.29, 1.82) is 0 Å². The van der Waals surface area contributed by atoms with Crippen molar-refractivity contribution in [2.45, 2.75) is 13.3 Å². The molecule has 1 aromatic carbocycles. The topological polar surface area (TPSA) is 20.7 Å². The average Bonchev–Trinajstić information content (AvgIpc) is 2.61. The van der Waals surface area contributed by atoms with E-state index in [2.05, 4.69) is 17.1 Å². The van der Waals surface area contributed by atoms with Gasteiger partial charge < -0.3 is 4.98 Å². The average molecular weight is 230 g/mol. The molecule has 0 amide bonds. The molecule has 0 fully saturated rings. The van der Waals surface area contributed by atoms with E-state index in [1.54, 1.807) is 0 Å². The SMILES string of the molecule is CC=Cn1cc(Cc2ccccc2)[nH]c1=S. The van der Waals surface area contributed by atoms with E-state index in [1.165, 1.54) is 5.56 Å². The molecule has 0 atom stereocenters. The molecule has 1 aromatic heterocycles. The van der Waals surface area contributed by atoms with Crippen LogP contribution in [0.25, 0.3) is 6.20 Å². The Morgan fingerprint density at radius 2 is 2.06 bits per heavy atom. The van der Waals surface area contributed by atoms with Gasteiger partial charge in [-0.15, -0.1) is 0 Å². The van der Waals surface area contributed by atoms with Crippen LogP contribution in [0.4, 0.5) is 0 Å². The molecule has 3 heteroatoms. The Morgan fingerprint density at radius 3 is 2.75 bits per heavy atom. The van der Waals surface area contributed by atoms with Crippen LogP contribution in [0.1, 0.15) is 18.2 Å². The Labute approximate surface area is 100 Å². The first-order valence-electron chi connectivity index (χ1n) is 5.26. The molecule has 0 radical (unpaired) electrons. The molecule has 0 aliphatic heterocycles. The van der Waals surface area contributed by atoms with Gasteiger partial charge in [-0.25, -0.2) is 0 Å². The zero-order valence-electron chi connectivity index (χ0n) is 9.18. The summed E-state index contributed by atoms with van der Waals surface area (Å²) < 4.78 is 2.66. The number of H-pyrrole nitrogens is 1. The molecule has 0 saturated heterocycles. The molecule has 0 aliphatic rings. The van der Waals surface area contributed by atoms with Crippen molar-refractivity contribution in [2.75, 3.05) is 0 Å². The Balaban J connectivity index is 2.23. The third-order valence-corrected chi connectivity index (χ3v) is 2.66. The lowest BCUT2D eigenvalue weighted by atomic mass is 10.1. The molecule has 0 spiro atoms. The predicted octanol–water partition coefficient (Wildman–Crippen LogP) is 3.63. The van der Waals surface area contributed by atoms with E-state index in [9.17, 15) is 0 Å². The minimum absolute atomic E-state index is 0.740. The molecule has 16 heavy (non-hydrogen) atoms. The van der Waals surface area contributed by atoms with Crippen LogP contribution in [0, 0.1) is 4.77 Å². The number of imidazole rings is 1. The second kappa shape index (κ2) is 4.94. The molecular weight excluding hydrogens is 216 g/mol.